The number of anilines is 2. The molecule has 0 fully saturated rings. The van der Waals surface area contributed by atoms with Gasteiger partial charge in [-0.2, -0.15) is 10.4 Å². The molecule has 0 atom stereocenters. The summed E-state index contributed by atoms with van der Waals surface area (Å²) in [5, 5.41) is 18.4. The normalized spacial score (nSPS) is 9.96. The molecule has 0 radical (unpaired) electrons. The zero-order chi connectivity index (χ0) is 18.4. The monoisotopic (exact) mass is 345 g/mol. The SMILES string of the molecule is N#Cc1cccc(NC(=O)c2cccc(NC(=O)Cn3cccn3)c2)c1. The van der Waals surface area contributed by atoms with Gasteiger partial charge >= 0.3 is 0 Å². The van der Waals surface area contributed by atoms with Crippen LogP contribution in [0.25, 0.3) is 0 Å². The summed E-state index contributed by atoms with van der Waals surface area (Å²) in [4.78, 5) is 24.4. The lowest BCUT2D eigenvalue weighted by Crippen LogP contribution is -2.19. The van der Waals surface area contributed by atoms with E-state index in [0.29, 0.717) is 22.5 Å². The van der Waals surface area contributed by atoms with E-state index in [4.69, 9.17) is 5.26 Å². The number of aromatic nitrogens is 2. The lowest BCUT2D eigenvalue weighted by molar-refractivity contribution is -0.116. The zero-order valence-electron chi connectivity index (χ0n) is 13.7. The molecule has 2 N–H and O–H groups in total. The summed E-state index contributed by atoms with van der Waals surface area (Å²) in [5.74, 6) is -0.573. The maximum Gasteiger partial charge on any atom is 0.255 e. The minimum Gasteiger partial charge on any atom is -0.324 e. The third kappa shape index (κ3) is 4.33. The highest BCUT2D eigenvalue weighted by molar-refractivity contribution is 6.05. The molecular weight excluding hydrogens is 330 g/mol. The maximum absolute atomic E-state index is 12.4. The van der Waals surface area contributed by atoms with Crippen LogP contribution < -0.4 is 10.6 Å². The second-order valence-electron chi connectivity index (χ2n) is 5.48. The Morgan fingerprint density at radius 3 is 2.54 bits per heavy atom. The molecule has 2 amide bonds. The van der Waals surface area contributed by atoms with Crippen LogP contribution in [0.2, 0.25) is 0 Å². The van der Waals surface area contributed by atoms with Crippen molar-refractivity contribution in [3.05, 3.63) is 78.1 Å². The minimum atomic E-state index is -0.330. The smallest absolute Gasteiger partial charge is 0.255 e. The molecule has 2 aromatic carbocycles. The molecule has 1 heterocycles. The number of carbonyl (C=O) groups excluding carboxylic acids is 2. The Kier molecular flexibility index (Phi) is 5.05. The van der Waals surface area contributed by atoms with Crippen molar-refractivity contribution in [2.45, 2.75) is 6.54 Å². The lowest BCUT2D eigenvalue weighted by atomic mass is 10.1. The highest BCUT2D eigenvalue weighted by atomic mass is 16.2. The number of rotatable bonds is 5. The largest absolute Gasteiger partial charge is 0.324 e. The number of nitriles is 1. The Bertz CT molecular complexity index is 974. The fourth-order valence-electron chi connectivity index (χ4n) is 2.35. The van der Waals surface area contributed by atoms with E-state index in [-0.39, 0.29) is 18.4 Å². The molecule has 128 valence electrons. The van der Waals surface area contributed by atoms with Gasteiger partial charge in [-0.25, -0.2) is 0 Å². The van der Waals surface area contributed by atoms with Gasteiger partial charge in [0.1, 0.15) is 6.54 Å². The molecular formula is C19H15N5O2. The Morgan fingerprint density at radius 1 is 1.04 bits per heavy atom. The third-order valence-electron chi connectivity index (χ3n) is 3.52. The molecule has 0 saturated heterocycles. The summed E-state index contributed by atoms with van der Waals surface area (Å²) in [7, 11) is 0. The van der Waals surface area contributed by atoms with Crippen LogP contribution in [0.15, 0.2) is 67.0 Å². The van der Waals surface area contributed by atoms with Crippen molar-refractivity contribution in [1.29, 1.82) is 5.26 Å². The van der Waals surface area contributed by atoms with Gasteiger partial charge in [0.15, 0.2) is 0 Å². The molecule has 0 spiro atoms. The van der Waals surface area contributed by atoms with E-state index in [1.807, 2.05) is 6.07 Å². The van der Waals surface area contributed by atoms with Crippen LogP contribution in [0.3, 0.4) is 0 Å². The van der Waals surface area contributed by atoms with E-state index in [1.165, 1.54) is 4.68 Å². The van der Waals surface area contributed by atoms with E-state index in [0.717, 1.165) is 0 Å². The Hall–Kier alpha value is -3.92. The molecule has 7 nitrogen and oxygen atoms in total. The first kappa shape index (κ1) is 16.9. The minimum absolute atomic E-state index is 0.0877. The molecule has 0 bridgehead atoms. The van der Waals surface area contributed by atoms with E-state index in [1.54, 1.807) is 67.0 Å². The highest BCUT2D eigenvalue weighted by Gasteiger charge is 2.09. The molecule has 1 aromatic heterocycles. The van der Waals surface area contributed by atoms with E-state index < -0.39 is 0 Å². The van der Waals surface area contributed by atoms with E-state index >= 15 is 0 Å². The predicted molar refractivity (Wildman–Crippen MR) is 96.4 cm³/mol. The van der Waals surface area contributed by atoms with E-state index in [2.05, 4.69) is 15.7 Å². The van der Waals surface area contributed by atoms with Gasteiger partial charge < -0.3 is 10.6 Å². The summed E-state index contributed by atoms with van der Waals surface area (Å²) in [6.07, 6.45) is 3.29. The van der Waals surface area contributed by atoms with Crippen molar-refractivity contribution < 1.29 is 9.59 Å². The number of hydrogen-bond donors (Lipinski definition) is 2. The molecule has 3 aromatic rings. The van der Waals surface area contributed by atoms with Crippen LogP contribution >= 0.6 is 0 Å². The van der Waals surface area contributed by atoms with Gasteiger partial charge in [0, 0.05) is 29.3 Å². The Balaban J connectivity index is 1.67. The molecule has 0 aliphatic carbocycles. The van der Waals surface area contributed by atoms with Crippen LogP contribution in [0.5, 0.6) is 0 Å². The number of benzene rings is 2. The van der Waals surface area contributed by atoms with Crippen molar-refractivity contribution >= 4 is 23.2 Å². The summed E-state index contributed by atoms with van der Waals surface area (Å²) in [6.45, 7) is 0.0877. The quantitative estimate of drug-likeness (QED) is 0.742. The molecule has 26 heavy (non-hydrogen) atoms. The van der Waals surface area contributed by atoms with Gasteiger partial charge in [0.2, 0.25) is 5.91 Å². The van der Waals surface area contributed by atoms with Crippen LogP contribution in [-0.2, 0) is 11.3 Å². The molecule has 0 saturated carbocycles. The summed E-state index contributed by atoms with van der Waals surface area (Å²) in [6, 6.07) is 17.0. The number of amides is 2. The zero-order valence-corrected chi connectivity index (χ0v) is 13.7. The summed E-state index contributed by atoms with van der Waals surface area (Å²) in [5.41, 5.74) is 1.90. The van der Waals surface area contributed by atoms with Gasteiger partial charge in [-0.3, -0.25) is 14.3 Å². The van der Waals surface area contributed by atoms with Gasteiger partial charge in [-0.15, -0.1) is 0 Å². The first-order valence-electron chi connectivity index (χ1n) is 7.83. The average molecular weight is 345 g/mol. The van der Waals surface area contributed by atoms with Crippen molar-refractivity contribution in [2.24, 2.45) is 0 Å². The first-order valence-corrected chi connectivity index (χ1v) is 7.83. The second kappa shape index (κ2) is 7.77. The number of nitrogens with one attached hydrogen (secondary N) is 2. The van der Waals surface area contributed by atoms with Crippen molar-refractivity contribution in [2.75, 3.05) is 10.6 Å². The topological polar surface area (TPSA) is 99.8 Å². The van der Waals surface area contributed by atoms with Crippen molar-refractivity contribution in [3.8, 4) is 6.07 Å². The lowest BCUT2D eigenvalue weighted by Gasteiger charge is -2.09. The first-order chi connectivity index (χ1) is 12.6. The number of carbonyl (C=O) groups is 2. The van der Waals surface area contributed by atoms with Crippen LogP contribution in [0.4, 0.5) is 11.4 Å². The molecule has 7 heteroatoms. The van der Waals surface area contributed by atoms with Crippen molar-refractivity contribution in [1.82, 2.24) is 9.78 Å². The fraction of sp³-hybridized carbons (Fsp3) is 0.0526. The molecule has 0 unspecified atom stereocenters. The summed E-state index contributed by atoms with van der Waals surface area (Å²) >= 11 is 0. The molecule has 0 aliphatic heterocycles. The predicted octanol–water partition coefficient (Wildman–Crippen LogP) is 2.65. The van der Waals surface area contributed by atoms with Gasteiger partial charge in [0.05, 0.1) is 11.6 Å². The number of nitrogens with zero attached hydrogens (tertiary/aromatic N) is 3. The molecule has 0 aliphatic rings. The van der Waals surface area contributed by atoms with Gasteiger partial charge in [0.25, 0.3) is 5.91 Å². The Morgan fingerprint density at radius 2 is 1.81 bits per heavy atom. The van der Waals surface area contributed by atoms with Crippen LogP contribution in [-0.4, -0.2) is 21.6 Å². The number of hydrogen-bond acceptors (Lipinski definition) is 4. The third-order valence-corrected chi connectivity index (χ3v) is 3.52. The highest BCUT2D eigenvalue weighted by Crippen LogP contribution is 2.15. The fourth-order valence-corrected chi connectivity index (χ4v) is 2.35. The summed E-state index contributed by atoms with van der Waals surface area (Å²) < 4.78 is 1.51. The molecule has 3 rings (SSSR count). The van der Waals surface area contributed by atoms with Crippen LogP contribution in [0.1, 0.15) is 15.9 Å². The van der Waals surface area contributed by atoms with E-state index in [9.17, 15) is 9.59 Å². The van der Waals surface area contributed by atoms with Gasteiger partial charge in [-0.1, -0.05) is 12.1 Å². The standard InChI is InChI=1S/C19H15N5O2/c20-12-14-4-1-6-16(10-14)23-19(26)15-5-2-7-17(11-15)22-18(25)13-24-9-3-8-21-24/h1-11H,13H2,(H,22,25)(H,23,26). The Labute approximate surface area is 149 Å². The second-order valence-corrected chi connectivity index (χ2v) is 5.48. The maximum atomic E-state index is 12.4. The van der Waals surface area contributed by atoms with Crippen molar-refractivity contribution in [3.63, 3.8) is 0 Å². The van der Waals surface area contributed by atoms with Crippen LogP contribution in [0, 0.1) is 11.3 Å². The van der Waals surface area contributed by atoms with Gasteiger partial charge in [-0.05, 0) is 42.5 Å². The average Bonchev–Trinajstić information content (AvgIpc) is 3.15.